The van der Waals surface area contributed by atoms with Gasteiger partial charge in [-0.3, -0.25) is 0 Å². The molecule has 2 atom stereocenters. The fourth-order valence-electron chi connectivity index (χ4n) is 2.51. The smallest absolute Gasteiger partial charge is 0.106 e. The van der Waals surface area contributed by atoms with Gasteiger partial charge in [0.2, 0.25) is 0 Å². The first-order chi connectivity index (χ1) is 6.81. The minimum absolute atomic E-state index is 0.545. The number of ether oxygens (including phenoxy) is 1. The first-order valence-corrected chi connectivity index (χ1v) is 6.64. The number of allylic oxidation sites excluding steroid dienone is 2. The standard InChI is InChI=1S/C12H19BrO/c1-2-3-6-12-10(13)8-9-5-4-7-11(9)14-12/h9,11H,2-8H2,1H3/t9-,11+/m1/s1. The number of unbranched alkanes of at least 4 members (excludes halogenated alkanes) is 1. The zero-order chi connectivity index (χ0) is 9.97. The maximum atomic E-state index is 6.06. The summed E-state index contributed by atoms with van der Waals surface area (Å²) in [5.41, 5.74) is 0. The monoisotopic (exact) mass is 258 g/mol. The van der Waals surface area contributed by atoms with Crippen molar-refractivity contribution in [1.29, 1.82) is 0 Å². The highest BCUT2D eigenvalue weighted by Crippen LogP contribution is 2.42. The fraction of sp³-hybridized carbons (Fsp3) is 0.833. The Labute approximate surface area is 95.0 Å². The Morgan fingerprint density at radius 2 is 2.29 bits per heavy atom. The van der Waals surface area contributed by atoms with E-state index >= 15 is 0 Å². The predicted molar refractivity (Wildman–Crippen MR) is 62.3 cm³/mol. The highest BCUT2D eigenvalue weighted by molar-refractivity contribution is 9.11. The van der Waals surface area contributed by atoms with Crippen molar-refractivity contribution in [2.45, 2.75) is 58.0 Å². The first kappa shape index (κ1) is 10.5. The van der Waals surface area contributed by atoms with Crippen molar-refractivity contribution in [3.05, 3.63) is 10.2 Å². The van der Waals surface area contributed by atoms with Crippen molar-refractivity contribution in [2.24, 2.45) is 5.92 Å². The van der Waals surface area contributed by atoms with Crippen LogP contribution in [0, 0.1) is 5.92 Å². The molecular weight excluding hydrogens is 240 g/mol. The van der Waals surface area contributed by atoms with Crippen LogP contribution in [0.4, 0.5) is 0 Å². The molecule has 14 heavy (non-hydrogen) atoms. The summed E-state index contributed by atoms with van der Waals surface area (Å²) < 4.78 is 7.40. The van der Waals surface area contributed by atoms with Gasteiger partial charge in [0.1, 0.15) is 11.9 Å². The molecule has 0 saturated heterocycles. The van der Waals surface area contributed by atoms with Crippen LogP contribution in [0.25, 0.3) is 0 Å². The zero-order valence-electron chi connectivity index (χ0n) is 8.89. The fourth-order valence-corrected chi connectivity index (χ4v) is 3.22. The molecule has 2 rings (SSSR count). The van der Waals surface area contributed by atoms with Crippen LogP contribution >= 0.6 is 15.9 Å². The molecule has 0 aromatic carbocycles. The van der Waals surface area contributed by atoms with E-state index in [0.717, 1.165) is 12.3 Å². The summed E-state index contributed by atoms with van der Waals surface area (Å²) in [6.07, 6.45) is 9.40. The van der Waals surface area contributed by atoms with Crippen LogP contribution < -0.4 is 0 Å². The third-order valence-corrected chi connectivity index (χ3v) is 4.15. The van der Waals surface area contributed by atoms with Gasteiger partial charge in [0.15, 0.2) is 0 Å². The Morgan fingerprint density at radius 1 is 1.43 bits per heavy atom. The van der Waals surface area contributed by atoms with E-state index in [2.05, 4.69) is 22.9 Å². The average Bonchev–Trinajstić information content (AvgIpc) is 2.61. The summed E-state index contributed by atoms with van der Waals surface area (Å²) in [7, 11) is 0. The van der Waals surface area contributed by atoms with Gasteiger partial charge in [-0.1, -0.05) is 29.3 Å². The van der Waals surface area contributed by atoms with Crippen LogP contribution in [-0.2, 0) is 4.74 Å². The van der Waals surface area contributed by atoms with Crippen molar-refractivity contribution < 1.29 is 4.74 Å². The van der Waals surface area contributed by atoms with Crippen LogP contribution in [0.3, 0.4) is 0 Å². The van der Waals surface area contributed by atoms with Crippen LogP contribution in [0.15, 0.2) is 10.2 Å². The molecule has 0 aromatic rings. The van der Waals surface area contributed by atoms with Gasteiger partial charge in [0.25, 0.3) is 0 Å². The lowest BCUT2D eigenvalue weighted by atomic mass is 9.98. The average molecular weight is 259 g/mol. The van der Waals surface area contributed by atoms with Gasteiger partial charge in [-0.15, -0.1) is 0 Å². The highest BCUT2D eigenvalue weighted by atomic mass is 79.9. The van der Waals surface area contributed by atoms with Crippen LogP contribution in [-0.4, -0.2) is 6.10 Å². The second-order valence-electron chi connectivity index (χ2n) is 4.48. The van der Waals surface area contributed by atoms with E-state index in [9.17, 15) is 0 Å². The number of fused-ring (bicyclic) bond motifs is 1. The molecule has 80 valence electrons. The van der Waals surface area contributed by atoms with Gasteiger partial charge >= 0.3 is 0 Å². The van der Waals surface area contributed by atoms with E-state index in [0.29, 0.717) is 6.10 Å². The topological polar surface area (TPSA) is 9.23 Å². The van der Waals surface area contributed by atoms with Crippen molar-refractivity contribution in [3.63, 3.8) is 0 Å². The van der Waals surface area contributed by atoms with E-state index < -0.39 is 0 Å². The number of rotatable bonds is 3. The third-order valence-electron chi connectivity index (χ3n) is 3.38. The normalized spacial score (nSPS) is 31.6. The summed E-state index contributed by atoms with van der Waals surface area (Å²) in [5, 5.41) is 0. The van der Waals surface area contributed by atoms with Gasteiger partial charge < -0.3 is 4.74 Å². The highest BCUT2D eigenvalue weighted by Gasteiger charge is 2.34. The van der Waals surface area contributed by atoms with Gasteiger partial charge in [-0.05, 0) is 32.1 Å². The molecule has 1 fully saturated rings. The quantitative estimate of drug-likeness (QED) is 0.731. The van der Waals surface area contributed by atoms with E-state index in [1.54, 1.807) is 0 Å². The number of hydrogen-bond acceptors (Lipinski definition) is 1. The minimum Gasteiger partial charge on any atom is -0.494 e. The molecule has 0 bridgehead atoms. The van der Waals surface area contributed by atoms with Crippen molar-refractivity contribution in [1.82, 2.24) is 0 Å². The molecule has 1 nitrogen and oxygen atoms in total. The van der Waals surface area contributed by atoms with E-state index in [-0.39, 0.29) is 0 Å². The number of halogens is 1. The summed E-state index contributed by atoms with van der Waals surface area (Å²) in [4.78, 5) is 0. The molecule has 0 amide bonds. The van der Waals surface area contributed by atoms with Crippen LogP contribution in [0.2, 0.25) is 0 Å². The van der Waals surface area contributed by atoms with Gasteiger partial charge in [0, 0.05) is 16.8 Å². The molecule has 0 radical (unpaired) electrons. The van der Waals surface area contributed by atoms with Gasteiger partial charge in [-0.2, -0.15) is 0 Å². The van der Waals surface area contributed by atoms with Crippen molar-refractivity contribution in [2.75, 3.05) is 0 Å². The molecule has 1 aliphatic heterocycles. The van der Waals surface area contributed by atoms with Crippen LogP contribution in [0.5, 0.6) is 0 Å². The second kappa shape index (κ2) is 4.69. The molecule has 2 aliphatic rings. The molecule has 1 saturated carbocycles. The van der Waals surface area contributed by atoms with Crippen molar-refractivity contribution >= 4 is 15.9 Å². The summed E-state index contributed by atoms with van der Waals surface area (Å²) >= 11 is 3.68. The molecule has 0 N–H and O–H groups in total. The van der Waals surface area contributed by atoms with E-state index in [1.807, 2.05) is 0 Å². The lowest BCUT2D eigenvalue weighted by Crippen LogP contribution is -2.23. The molecule has 2 heteroatoms. The Morgan fingerprint density at radius 3 is 3.07 bits per heavy atom. The Bertz CT molecular complexity index is 234. The Kier molecular flexibility index (Phi) is 3.53. The lowest BCUT2D eigenvalue weighted by Gasteiger charge is -2.29. The molecule has 0 aromatic heterocycles. The largest absolute Gasteiger partial charge is 0.494 e. The molecule has 1 heterocycles. The van der Waals surface area contributed by atoms with Gasteiger partial charge in [-0.25, -0.2) is 0 Å². The molecule has 0 spiro atoms. The Hall–Kier alpha value is 0.0200. The first-order valence-electron chi connectivity index (χ1n) is 5.85. The van der Waals surface area contributed by atoms with Gasteiger partial charge in [0.05, 0.1) is 0 Å². The maximum Gasteiger partial charge on any atom is 0.106 e. The predicted octanol–water partition coefficient (Wildman–Crippen LogP) is 4.37. The van der Waals surface area contributed by atoms with E-state index in [1.165, 1.54) is 48.8 Å². The SMILES string of the molecule is CCCCC1=C(Br)C[C@H]2CCC[C@@H]2O1. The van der Waals surface area contributed by atoms with Crippen molar-refractivity contribution in [3.8, 4) is 0 Å². The van der Waals surface area contributed by atoms with E-state index in [4.69, 9.17) is 4.74 Å². The zero-order valence-corrected chi connectivity index (χ0v) is 10.5. The molecule has 0 unspecified atom stereocenters. The Balaban J connectivity index is 1.98. The molecular formula is C12H19BrO. The summed E-state index contributed by atoms with van der Waals surface area (Å²) in [6.45, 7) is 2.23. The maximum absolute atomic E-state index is 6.06. The lowest BCUT2D eigenvalue weighted by molar-refractivity contribution is 0.0610. The number of hydrogen-bond donors (Lipinski definition) is 0. The summed E-state index contributed by atoms with van der Waals surface area (Å²) in [5.74, 6) is 2.05. The summed E-state index contributed by atoms with van der Waals surface area (Å²) in [6, 6.07) is 0. The molecule has 1 aliphatic carbocycles. The third kappa shape index (κ3) is 2.16. The minimum atomic E-state index is 0.545. The second-order valence-corrected chi connectivity index (χ2v) is 5.44. The van der Waals surface area contributed by atoms with Crippen LogP contribution in [0.1, 0.15) is 51.9 Å².